The van der Waals surface area contributed by atoms with Crippen LogP contribution in [-0.4, -0.2) is 15.5 Å². The van der Waals surface area contributed by atoms with Gasteiger partial charge in [0.15, 0.2) is 0 Å². The lowest BCUT2D eigenvalue weighted by molar-refractivity contribution is 0.400. The second-order valence-corrected chi connectivity index (χ2v) is 6.23. The lowest BCUT2D eigenvalue weighted by Crippen LogP contribution is -2.27. The van der Waals surface area contributed by atoms with Crippen LogP contribution in [-0.2, 0) is 10.0 Å². The number of nitrogens with one attached hydrogen (secondary N) is 1. The molecule has 0 amide bonds. The van der Waals surface area contributed by atoms with E-state index in [1.807, 2.05) is 30.3 Å². The second-order valence-electron chi connectivity index (χ2n) is 4.55. The first-order chi connectivity index (χ1) is 9.94. The van der Waals surface area contributed by atoms with Gasteiger partial charge in [-0.2, -0.15) is 0 Å². The first-order valence-electron chi connectivity index (χ1n) is 6.35. The minimum Gasteiger partial charge on any atom is -0.495 e. The molecule has 0 saturated heterocycles. The summed E-state index contributed by atoms with van der Waals surface area (Å²) in [7, 11) is -2.55. The summed E-state index contributed by atoms with van der Waals surface area (Å²) in [6, 6.07) is 12.1. The van der Waals surface area contributed by atoms with E-state index < -0.39 is 21.9 Å². The SMILES string of the molecule is COc1ccc(F)cc1S(=O)(=O)N[C@@H](C)c1ccccc1. The number of ether oxygens (including phenoxy) is 1. The molecule has 21 heavy (non-hydrogen) atoms. The summed E-state index contributed by atoms with van der Waals surface area (Å²) in [6.07, 6.45) is 0. The summed E-state index contributed by atoms with van der Waals surface area (Å²) in [5.41, 5.74) is 0.816. The predicted molar refractivity (Wildman–Crippen MR) is 78.1 cm³/mol. The third-order valence-corrected chi connectivity index (χ3v) is 4.61. The van der Waals surface area contributed by atoms with Crippen LogP contribution in [0, 0.1) is 5.82 Å². The van der Waals surface area contributed by atoms with Crippen molar-refractivity contribution in [3.8, 4) is 5.75 Å². The van der Waals surface area contributed by atoms with E-state index in [1.54, 1.807) is 6.92 Å². The van der Waals surface area contributed by atoms with Gasteiger partial charge in [0.25, 0.3) is 0 Å². The van der Waals surface area contributed by atoms with Crippen molar-refractivity contribution in [2.24, 2.45) is 0 Å². The highest BCUT2D eigenvalue weighted by atomic mass is 32.2. The maximum Gasteiger partial charge on any atom is 0.244 e. The van der Waals surface area contributed by atoms with Gasteiger partial charge in [-0.3, -0.25) is 0 Å². The van der Waals surface area contributed by atoms with E-state index >= 15 is 0 Å². The zero-order chi connectivity index (χ0) is 15.5. The predicted octanol–water partition coefficient (Wildman–Crippen LogP) is 2.87. The van der Waals surface area contributed by atoms with Gasteiger partial charge in [0, 0.05) is 6.04 Å². The summed E-state index contributed by atoms with van der Waals surface area (Å²) in [5.74, 6) is -0.535. The normalized spacial score (nSPS) is 12.9. The topological polar surface area (TPSA) is 55.4 Å². The monoisotopic (exact) mass is 309 g/mol. The highest BCUT2D eigenvalue weighted by Crippen LogP contribution is 2.26. The number of hydrogen-bond donors (Lipinski definition) is 1. The van der Waals surface area contributed by atoms with Gasteiger partial charge in [0.2, 0.25) is 10.0 Å². The Balaban J connectivity index is 2.33. The zero-order valence-corrected chi connectivity index (χ0v) is 12.5. The van der Waals surface area contributed by atoms with Crippen LogP contribution < -0.4 is 9.46 Å². The molecule has 0 aliphatic heterocycles. The average Bonchev–Trinajstić information content (AvgIpc) is 2.47. The van der Waals surface area contributed by atoms with Crippen molar-refractivity contribution in [2.75, 3.05) is 7.11 Å². The van der Waals surface area contributed by atoms with Crippen LogP contribution in [0.15, 0.2) is 53.4 Å². The van der Waals surface area contributed by atoms with Crippen molar-refractivity contribution >= 4 is 10.0 Å². The smallest absolute Gasteiger partial charge is 0.244 e. The minimum absolute atomic E-state index is 0.101. The van der Waals surface area contributed by atoms with E-state index in [-0.39, 0.29) is 10.6 Å². The van der Waals surface area contributed by atoms with Gasteiger partial charge in [0.05, 0.1) is 7.11 Å². The van der Waals surface area contributed by atoms with E-state index in [0.717, 1.165) is 17.7 Å². The highest BCUT2D eigenvalue weighted by Gasteiger charge is 2.23. The molecule has 2 aromatic carbocycles. The first kappa shape index (κ1) is 15.5. The fourth-order valence-corrected chi connectivity index (χ4v) is 3.38. The molecular weight excluding hydrogens is 293 g/mol. The molecule has 0 heterocycles. The quantitative estimate of drug-likeness (QED) is 0.924. The summed E-state index contributed by atoms with van der Waals surface area (Å²) in [5, 5.41) is 0. The number of halogens is 1. The molecule has 0 aliphatic rings. The Hall–Kier alpha value is -1.92. The van der Waals surface area contributed by atoms with Crippen LogP contribution in [0.4, 0.5) is 4.39 Å². The number of benzene rings is 2. The molecule has 0 unspecified atom stereocenters. The van der Waals surface area contributed by atoms with Crippen LogP contribution in [0.3, 0.4) is 0 Å². The van der Waals surface area contributed by atoms with E-state index in [9.17, 15) is 12.8 Å². The molecule has 2 rings (SSSR count). The van der Waals surface area contributed by atoms with Crippen LogP contribution in [0.5, 0.6) is 5.75 Å². The Morgan fingerprint density at radius 2 is 1.81 bits per heavy atom. The second kappa shape index (κ2) is 6.24. The number of sulfonamides is 1. The van der Waals surface area contributed by atoms with Crippen LogP contribution >= 0.6 is 0 Å². The Morgan fingerprint density at radius 1 is 1.14 bits per heavy atom. The first-order valence-corrected chi connectivity index (χ1v) is 7.83. The van der Waals surface area contributed by atoms with Crippen LogP contribution in [0.25, 0.3) is 0 Å². The van der Waals surface area contributed by atoms with Crippen molar-refractivity contribution in [1.29, 1.82) is 0 Å². The fraction of sp³-hybridized carbons (Fsp3) is 0.200. The fourth-order valence-electron chi connectivity index (χ4n) is 1.97. The van der Waals surface area contributed by atoms with Gasteiger partial charge in [-0.15, -0.1) is 0 Å². The lowest BCUT2D eigenvalue weighted by atomic mass is 10.1. The van der Waals surface area contributed by atoms with Crippen LogP contribution in [0.1, 0.15) is 18.5 Å². The molecule has 2 aromatic rings. The largest absolute Gasteiger partial charge is 0.495 e. The van der Waals surface area contributed by atoms with Gasteiger partial charge in [-0.1, -0.05) is 30.3 Å². The van der Waals surface area contributed by atoms with Gasteiger partial charge < -0.3 is 4.74 Å². The number of rotatable bonds is 5. The third kappa shape index (κ3) is 3.59. The Kier molecular flexibility index (Phi) is 4.59. The third-order valence-electron chi connectivity index (χ3n) is 3.05. The molecule has 0 saturated carbocycles. The van der Waals surface area contributed by atoms with Crippen molar-refractivity contribution in [3.05, 3.63) is 59.9 Å². The van der Waals surface area contributed by atoms with Gasteiger partial charge in [-0.25, -0.2) is 17.5 Å². The summed E-state index contributed by atoms with van der Waals surface area (Å²) < 4.78 is 45.6. The summed E-state index contributed by atoms with van der Waals surface area (Å²) in [6.45, 7) is 1.72. The maximum absolute atomic E-state index is 13.3. The molecule has 0 fully saturated rings. The highest BCUT2D eigenvalue weighted by molar-refractivity contribution is 7.89. The van der Waals surface area contributed by atoms with E-state index in [0.29, 0.717) is 0 Å². The van der Waals surface area contributed by atoms with Crippen molar-refractivity contribution < 1.29 is 17.5 Å². The summed E-state index contributed by atoms with van der Waals surface area (Å²) in [4.78, 5) is -0.215. The van der Waals surface area contributed by atoms with Crippen LogP contribution in [0.2, 0.25) is 0 Å². The molecule has 0 spiro atoms. The zero-order valence-electron chi connectivity index (χ0n) is 11.7. The molecule has 4 nitrogen and oxygen atoms in total. The van der Waals surface area contributed by atoms with E-state index in [1.165, 1.54) is 13.2 Å². The molecule has 112 valence electrons. The van der Waals surface area contributed by atoms with Gasteiger partial charge >= 0.3 is 0 Å². The molecule has 1 N–H and O–H groups in total. The van der Waals surface area contributed by atoms with Gasteiger partial charge in [-0.05, 0) is 30.7 Å². The van der Waals surface area contributed by atoms with Crippen molar-refractivity contribution in [1.82, 2.24) is 4.72 Å². The Labute approximate surface area is 123 Å². The molecule has 0 aliphatic carbocycles. The maximum atomic E-state index is 13.3. The minimum atomic E-state index is -3.89. The average molecular weight is 309 g/mol. The Morgan fingerprint density at radius 3 is 2.43 bits per heavy atom. The molecule has 0 radical (unpaired) electrons. The van der Waals surface area contributed by atoms with E-state index in [4.69, 9.17) is 4.74 Å². The molecule has 0 aromatic heterocycles. The molecule has 0 bridgehead atoms. The van der Waals surface area contributed by atoms with Gasteiger partial charge in [0.1, 0.15) is 16.5 Å². The molecule has 6 heteroatoms. The van der Waals surface area contributed by atoms with E-state index in [2.05, 4.69) is 4.72 Å². The molecule has 1 atom stereocenters. The standard InChI is InChI=1S/C15H16FNO3S/c1-11(12-6-4-3-5-7-12)17-21(18,19)15-10-13(16)8-9-14(15)20-2/h3-11,17H,1-2H3/t11-/m0/s1. The van der Waals surface area contributed by atoms with Crippen molar-refractivity contribution in [3.63, 3.8) is 0 Å². The number of methoxy groups -OCH3 is 1. The Bertz CT molecular complexity index is 717. The molecular formula is C15H16FNO3S. The van der Waals surface area contributed by atoms with Crippen molar-refractivity contribution in [2.45, 2.75) is 17.9 Å². The number of hydrogen-bond acceptors (Lipinski definition) is 3. The lowest BCUT2D eigenvalue weighted by Gasteiger charge is -2.16. The summed E-state index contributed by atoms with van der Waals surface area (Å²) >= 11 is 0.